The lowest BCUT2D eigenvalue weighted by Crippen LogP contribution is -2.13. The Labute approximate surface area is 119 Å². The third-order valence-electron chi connectivity index (χ3n) is 3.45. The van der Waals surface area contributed by atoms with Crippen LogP contribution in [0.1, 0.15) is 45.1 Å². The van der Waals surface area contributed by atoms with Gasteiger partial charge in [0.15, 0.2) is 0 Å². The summed E-state index contributed by atoms with van der Waals surface area (Å²) in [7, 11) is 0. The largest absolute Gasteiger partial charge is 0.385 e. The molecule has 0 aromatic heterocycles. The van der Waals surface area contributed by atoms with Crippen molar-refractivity contribution in [2.24, 2.45) is 5.92 Å². The molecule has 0 bridgehead atoms. The highest BCUT2D eigenvalue weighted by molar-refractivity contribution is 5.58. The van der Waals surface area contributed by atoms with Crippen LogP contribution in [0.3, 0.4) is 0 Å². The van der Waals surface area contributed by atoms with Gasteiger partial charge in [0, 0.05) is 18.3 Å². The lowest BCUT2D eigenvalue weighted by atomic mass is 9.99. The first kappa shape index (κ1) is 16.0. The van der Waals surface area contributed by atoms with Gasteiger partial charge < -0.3 is 5.32 Å². The van der Waals surface area contributed by atoms with Gasteiger partial charge in [-0.3, -0.25) is 10.1 Å². The van der Waals surface area contributed by atoms with Gasteiger partial charge in [-0.1, -0.05) is 33.1 Å². The third kappa shape index (κ3) is 4.54. The highest BCUT2D eigenvalue weighted by Crippen LogP contribution is 2.22. The van der Waals surface area contributed by atoms with Gasteiger partial charge in [0.2, 0.25) is 0 Å². The molecule has 0 amide bonds. The van der Waals surface area contributed by atoms with Crippen LogP contribution in [0.4, 0.5) is 11.4 Å². The number of nitro groups is 1. The maximum Gasteiger partial charge on any atom is 0.287 e. The average Bonchev–Trinajstić information content (AvgIpc) is 2.47. The summed E-state index contributed by atoms with van der Waals surface area (Å²) in [4.78, 5) is 10.2. The number of unbranched alkanes of at least 4 members (excludes halogenated alkanes) is 1. The summed E-state index contributed by atoms with van der Waals surface area (Å²) in [5.41, 5.74) is 0.722. The van der Waals surface area contributed by atoms with Crippen molar-refractivity contribution >= 4 is 11.4 Å². The van der Waals surface area contributed by atoms with Gasteiger partial charge in [-0.2, -0.15) is 5.26 Å². The Hall–Kier alpha value is -2.09. The molecule has 0 aliphatic carbocycles. The van der Waals surface area contributed by atoms with Crippen LogP contribution in [0.5, 0.6) is 0 Å². The highest BCUT2D eigenvalue weighted by Gasteiger charge is 2.14. The Balaban J connectivity index is 2.69. The maximum absolute atomic E-state index is 10.8. The number of nitrogens with zero attached hydrogens (tertiary/aromatic N) is 2. The normalized spacial score (nSPS) is 11.7. The fourth-order valence-electron chi connectivity index (χ4n) is 2.10. The molecule has 20 heavy (non-hydrogen) atoms. The molecule has 0 saturated carbocycles. The number of nitriles is 1. The van der Waals surface area contributed by atoms with Gasteiger partial charge in [0.1, 0.15) is 11.6 Å². The molecule has 5 heteroatoms. The zero-order chi connectivity index (χ0) is 15.0. The minimum absolute atomic E-state index is 0.0987. The van der Waals surface area contributed by atoms with Gasteiger partial charge >= 0.3 is 0 Å². The fourth-order valence-corrected chi connectivity index (χ4v) is 2.10. The zero-order valence-corrected chi connectivity index (χ0v) is 12.1. The molecule has 0 saturated heterocycles. The SMILES string of the molecule is CCCCC(CC)CNc1ccc([N+](=O)[O-])c(C#N)c1. The van der Waals surface area contributed by atoms with Crippen LogP contribution in [0.15, 0.2) is 18.2 Å². The van der Waals surface area contributed by atoms with Crippen molar-refractivity contribution in [2.45, 2.75) is 39.5 Å². The van der Waals surface area contributed by atoms with Crippen molar-refractivity contribution in [3.8, 4) is 6.07 Å². The molecule has 1 unspecified atom stereocenters. The molecule has 1 atom stereocenters. The summed E-state index contributed by atoms with van der Waals surface area (Å²) in [5, 5.41) is 23.0. The van der Waals surface area contributed by atoms with Crippen molar-refractivity contribution in [1.29, 1.82) is 5.26 Å². The van der Waals surface area contributed by atoms with Crippen LogP contribution in [0.25, 0.3) is 0 Å². The van der Waals surface area contributed by atoms with Crippen molar-refractivity contribution in [1.82, 2.24) is 0 Å². The van der Waals surface area contributed by atoms with E-state index in [4.69, 9.17) is 5.26 Å². The van der Waals surface area contributed by atoms with E-state index in [1.807, 2.05) is 6.07 Å². The quantitative estimate of drug-likeness (QED) is 0.572. The van der Waals surface area contributed by atoms with Crippen LogP contribution < -0.4 is 5.32 Å². The molecule has 1 aromatic carbocycles. The number of hydrogen-bond donors (Lipinski definition) is 1. The number of benzene rings is 1. The molecule has 1 rings (SSSR count). The fraction of sp³-hybridized carbons (Fsp3) is 0.533. The first-order valence-electron chi connectivity index (χ1n) is 7.04. The van der Waals surface area contributed by atoms with Crippen molar-refractivity contribution in [3.05, 3.63) is 33.9 Å². The van der Waals surface area contributed by atoms with Gasteiger partial charge in [0.25, 0.3) is 5.69 Å². The van der Waals surface area contributed by atoms with E-state index in [1.165, 1.54) is 25.3 Å². The smallest absolute Gasteiger partial charge is 0.287 e. The third-order valence-corrected chi connectivity index (χ3v) is 3.45. The van der Waals surface area contributed by atoms with Gasteiger partial charge in [0.05, 0.1) is 4.92 Å². The summed E-state index contributed by atoms with van der Waals surface area (Å²) in [5.74, 6) is 0.593. The molecule has 0 radical (unpaired) electrons. The van der Waals surface area contributed by atoms with E-state index in [1.54, 1.807) is 12.1 Å². The first-order valence-corrected chi connectivity index (χ1v) is 7.04. The Morgan fingerprint density at radius 2 is 2.20 bits per heavy atom. The molecule has 0 heterocycles. The second-order valence-corrected chi connectivity index (χ2v) is 4.90. The Kier molecular flexibility index (Phi) is 6.51. The first-order chi connectivity index (χ1) is 9.62. The lowest BCUT2D eigenvalue weighted by molar-refractivity contribution is -0.385. The van der Waals surface area contributed by atoms with Crippen LogP contribution in [0.2, 0.25) is 0 Å². The molecule has 108 valence electrons. The van der Waals surface area contributed by atoms with Crippen LogP contribution in [-0.4, -0.2) is 11.5 Å². The predicted octanol–water partition coefficient (Wildman–Crippen LogP) is 4.09. The summed E-state index contributed by atoms with van der Waals surface area (Å²) >= 11 is 0. The van der Waals surface area contributed by atoms with Crippen LogP contribution in [-0.2, 0) is 0 Å². The average molecular weight is 275 g/mol. The minimum atomic E-state index is -0.529. The summed E-state index contributed by atoms with van der Waals surface area (Å²) in [6.07, 6.45) is 4.68. The van der Waals surface area contributed by atoms with E-state index in [0.717, 1.165) is 18.7 Å². The molecule has 1 N–H and O–H groups in total. The summed E-state index contributed by atoms with van der Waals surface area (Å²) in [6, 6.07) is 6.46. The van der Waals surface area contributed by atoms with Crippen LogP contribution >= 0.6 is 0 Å². The maximum atomic E-state index is 10.8. The lowest BCUT2D eigenvalue weighted by Gasteiger charge is -2.16. The van der Waals surface area contributed by atoms with Gasteiger partial charge in [-0.25, -0.2) is 0 Å². The standard InChI is InChI=1S/C15H21N3O2/c1-3-5-6-12(4-2)11-17-14-7-8-15(18(19)20)13(9-14)10-16/h7-9,12,17H,3-6,11H2,1-2H3. The Bertz CT molecular complexity index is 494. The van der Waals surface area contributed by atoms with E-state index >= 15 is 0 Å². The highest BCUT2D eigenvalue weighted by atomic mass is 16.6. The van der Waals surface area contributed by atoms with Gasteiger partial charge in [-0.05, 0) is 24.5 Å². The molecular weight excluding hydrogens is 254 g/mol. The second kappa shape index (κ2) is 8.16. The van der Waals surface area contributed by atoms with Crippen LogP contribution in [0, 0.1) is 27.4 Å². The van der Waals surface area contributed by atoms with Crippen molar-refractivity contribution in [3.63, 3.8) is 0 Å². The molecule has 1 aromatic rings. The minimum Gasteiger partial charge on any atom is -0.385 e. The molecule has 0 aliphatic rings. The number of anilines is 1. The topological polar surface area (TPSA) is 79.0 Å². The van der Waals surface area contributed by atoms with E-state index in [2.05, 4.69) is 19.2 Å². The van der Waals surface area contributed by atoms with Gasteiger partial charge in [-0.15, -0.1) is 0 Å². The summed E-state index contributed by atoms with van der Waals surface area (Å²) < 4.78 is 0. The monoisotopic (exact) mass is 275 g/mol. The number of rotatable bonds is 8. The second-order valence-electron chi connectivity index (χ2n) is 4.90. The van der Waals surface area contributed by atoms with E-state index in [-0.39, 0.29) is 11.3 Å². The van der Waals surface area contributed by atoms with Crippen molar-refractivity contribution < 1.29 is 4.92 Å². The summed E-state index contributed by atoms with van der Waals surface area (Å²) in [6.45, 7) is 5.17. The van der Waals surface area contributed by atoms with E-state index in [9.17, 15) is 10.1 Å². The Morgan fingerprint density at radius 1 is 1.45 bits per heavy atom. The molecule has 0 aliphatic heterocycles. The Morgan fingerprint density at radius 3 is 2.75 bits per heavy atom. The molecule has 0 spiro atoms. The van der Waals surface area contributed by atoms with Crippen molar-refractivity contribution in [2.75, 3.05) is 11.9 Å². The number of nitro benzene ring substituents is 1. The molecular formula is C15H21N3O2. The number of nitrogens with one attached hydrogen (secondary N) is 1. The predicted molar refractivity (Wildman–Crippen MR) is 79.6 cm³/mol. The molecule has 5 nitrogen and oxygen atoms in total. The number of hydrogen-bond acceptors (Lipinski definition) is 4. The van der Waals surface area contributed by atoms with E-state index in [0.29, 0.717) is 5.92 Å². The zero-order valence-electron chi connectivity index (χ0n) is 12.1. The molecule has 0 fully saturated rings. The van der Waals surface area contributed by atoms with E-state index < -0.39 is 4.92 Å².